The van der Waals surface area contributed by atoms with E-state index in [2.05, 4.69) is 6.58 Å². The van der Waals surface area contributed by atoms with Gasteiger partial charge in [0, 0.05) is 16.9 Å². The fourth-order valence-corrected chi connectivity index (χ4v) is 2.32. The minimum absolute atomic E-state index is 0.0921. The van der Waals surface area contributed by atoms with Gasteiger partial charge in [-0.1, -0.05) is 34.3 Å². The van der Waals surface area contributed by atoms with Crippen molar-refractivity contribution in [2.24, 2.45) is 17.3 Å². The Labute approximate surface area is 116 Å². The number of esters is 1. The highest BCUT2D eigenvalue weighted by atomic mass is 16.5. The molecule has 0 amide bonds. The van der Waals surface area contributed by atoms with Crippen LogP contribution in [0.4, 0.5) is 0 Å². The Morgan fingerprint density at radius 1 is 1.37 bits per heavy atom. The van der Waals surface area contributed by atoms with Gasteiger partial charge in [0.25, 0.3) is 0 Å². The van der Waals surface area contributed by atoms with Crippen LogP contribution >= 0.6 is 0 Å². The molecule has 0 aliphatic rings. The van der Waals surface area contributed by atoms with Gasteiger partial charge < -0.3 is 14.9 Å². The maximum atomic E-state index is 11.3. The summed E-state index contributed by atoms with van der Waals surface area (Å²) in [6.07, 6.45) is -0.0125. The molecule has 0 aliphatic heterocycles. The van der Waals surface area contributed by atoms with Gasteiger partial charge in [-0.05, 0) is 19.3 Å². The lowest BCUT2D eigenvalue weighted by atomic mass is 9.74. The SMILES string of the molecule is C=C(C)C(=O)OCC(C)C(O)C(C)(CO)CC(C)C. The number of aliphatic hydroxyl groups is 2. The predicted octanol–water partition coefficient (Wildman–Crippen LogP) is 2.15. The summed E-state index contributed by atoms with van der Waals surface area (Å²) in [6.45, 7) is 12.9. The van der Waals surface area contributed by atoms with Gasteiger partial charge in [-0.2, -0.15) is 0 Å². The standard InChI is InChI=1S/C15H28O4/c1-10(2)7-15(6,9-16)13(17)12(5)8-19-14(18)11(3)4/h10,12-13,16-17H,3,7-9H2,1-2,4-6H3. The van der Waals surface area contributed by atoms with Crippen molar-refractivity contribution in [2.75, 3.05) is 13.2 Å². The molecular formula is C15H28O4. The average molecular weight is 272 g/mol. The molecule has 0 radical (unpaired) electrons. The number of carbonyl (C=O) groups is 1. The van der Waals surface area contributed by atoms with Crippen molar-refractivity contribution in [1.82, 2.24) is 0 Å². The lowest BCUT2D eigenvalue weighted by Gasteiger charge is -2.37. The highest BCUT2D eigenvalue weighted by Crippen LogP contribution is 2.33. The minimum Gasteiger partial charge on any atom is -0.462 e. The molecule has 4 nitrogen and oxygen atoms in total. The van der Waals surface area contributed by atoms with Crippen LogP contribution in [0.1, 0.15) is 41.0 Å². The molecule has 0 heterocycles. The Morgan fingerprint density at radius 2 is 1.89 bits per heavy atom. The first kappa shape index (κ1) is 18.1. The van der Waals surface area contributed by atoms with Crippen LogP contribution in [-0.2, 0) is 9.53 Å². The van der Waals surface area contributed by atoms with Gasteiger partial charge in [0.2, 0.25) is 0 Å². The second kappa shape index (κ2) is 7.65. The third kappa shape index (κ3) is 5.74. The zero-order valence-corrected chi connectivity index (χ0v) is 12.8. The fourth-order valence-electron chi connectivity index (χ4n) is 2.32. The van der Waals surface area contributed by atoms with E-state index in [-0.39, 0.29) is 19.1 Å². The highest BCUT2D eigenvalue weighted by Gasteiger charge is 2.36. The molecule has 0 aromatic heterocycles. The van der Waals surface area contributed by atoms with Crippen LogP contribution in [0.5, 0.6) is 0 Å². The van der Waals surface area contributed by atoms with Crippen LogP contribution < -0.4 is 0 Å². The first-order valence-electron chi connectivity index (χ1n) is 6.75. The summed E-state index contributed by atoms with van der Waals surface area (Å²) < 4.78 is 5.05. The predicted molar refractivity (Wildman–Crippen MR) is 75.6 cm³/mol. The number of hydrogen-bond donors (Lipinski definition) is 2. The summed E-state index contributed by atoms with van der Waals surface area (Å²) in [6, 6.07) is 0. The number of rotatable bonds is 8. The largest absolute Gasteiger partial charge is 0.462 e. The monoisotopic (exact) mass is 272 g/mol. The number of ether oxygens (including phenoxy) is 1. The third-order valence-corrected chi connectivity index (χ3v) is 3.31. The maximum absolute atomic E-state index is 11.3. The van der Waals surface area contributed by atoms with Crippen LogP contribution in [0.15, 0.2) is 12.2 Å². The molecule has 0 saturated heterocycles. The topological polar surface area (TPSA) is 66.8 Å². The van der Waals surface area contributed by atoms with Crippen LogP contribution in [0, 0.1) is 17.3 Å². The maximum Gasteiger partial charge on any atom is 0.333 e. The van der Waals surface area contributed by atoms with E-state index in [4.69, 9.17) is 4.74 Å². The van der Waals surface area contributed by atoms with Gasteiger partial charge in [-0.25, -0.2) is 4.79 Å². The molecule has 3 atom stereocenters. The molecule has 0 fully saturated rings. The van der Waals surface area contributed by atoms with Crippen molar-refractivity contribution in [3.8, 4) is 0 Å². The molecule has 112 valence electrons. The van der Waals surface area contributed by atoms with E-state index < -0.39 is 17.5 Å². The minimum atomic E-state index is -0.724. The van der Waals surface area contributed by atoms with E-state index >= 15 is 0 Å². The van der Waals surface area contributed by atoms with Crippen molar-refractivity contribution < 1.29 is 19.7 Å². The van der Waals surface area contributed by atoms with Gasteiger partial charge in [0.05, 0.1) is 19.3 Å². The molecule has 4 heteroatoms. The van der Waals surface area contributed by atoms with E-state index in [1.165, 1.54) is 0 Å². The van der Waals surface area contributed by atoms with Gasteiger partial charge in [0.15, 0.2) is 0 Å². The summed E-state index contributed by atoms with van der Waals surface area (Å²) in [4.78, 5) is 11.3. The molecule has 0 aromatic carbocycles. The van der Waals surface area contributed by atoms with Crippen molar-refractivity contribution in [2.45, 2.75) is 47.1 Å². The Hall–Kier alpha value is -0.870. The Kier molecular flexibility index (Phi) is 7.30. The third-order valence-electron chi connectivity index (χ3n) is 3.31. The quantitative estimate of drug-likeness (QED) is 0.525. The Morgan fingerprint density at radius 3 is 2.26 bits per heavy atom. The summed E-state index contributed by atoms with van der Waals surface area (Å²) in [5.74, 6) is -0.315. The van der Waals surface area contributed by atoms with E-state index in [1.807, 2.05) is 27.7 Å². The summed E-state index contributed by atoms with van der Waals surface area (Å²) >= 11 is 0. The first-order valence-corrected chi connectivity index (χ1v) is 6.75. The molecular weight excluding hydrogens is 244 g/mol. The number of aliphatic hydroxyl groups excluding tert-OH is 2. The molecule has 0 aliphatic carbocycles. The van der Waals surface area contributed by atoms with Gasteiger partial charge in [-0.15, -0.1) is 0 Å². The van der Waals surface area contributed by atoms with Crippen LogP contribution in [0.2, 0.25) is 0 Å². The molecule has 2 N–H and O–H groups in total. The van der Waals surface area contributed by atoms with Gasteiger partial charge >= 0.3 is 5.97 Å². The highest BCUT2D eigenvalue weighted by molar-refractivity contribution is 5.86. The molecule has 0 aromatic rings. The zero-order chi connectivity index (χ0) is 15.2. The first-order chi connectivity index (χ1) is 8.64. The molecule has 0 bridgehead atoms. The average Bonchev–Trinajstić information content (AvgIpc) is 2.33. The van der Waals surface area contributed by atoms with Crippen molar-refractivity contribution in [3.63, 3.8) is 0 Å². The lowest BCUT2D eigenvalue weighted by Crippen LogP contribution is -2.42. The van der Waals surface area contributed by atoms with E-state index in [0.29, 0.717) is 17.9 Å². The van der Waals surface area contributed by atoms with E-state index in [1.54, 1.807) is 6.92 Å². The second-order valence-corrected chi connectivity index (χ2v) is 6.21. The Balaban J connectivity index is 4.55. The van der Waals surface area contributed by atoms with E-state index in [9.17, 15) is 15.0 Å². The fraction of sp³-hybridized carbons (Fsp3) is 0.800. The van der Waals surface area contributed by atoms with Crippen LogP contribution in [-0.4, -0.2) is 35.5 Å². The van der Waals surface area contributed by atoms with Crippen LogP contribution in [0.25, 0.3) is 0 Å². The van der Waals surface area contributed by atoms with Crippen molar-refractivity contribution in [3.05, 3.63) is 12.2 Å². The molecule has 3 unspecified atom stereocenters. The molecule has 0 rings (SSSR count). The van der Waals surface area contributed by atoms with Gasteiger partial charge in [0.1, 0.15) is 0 Å². The number of hydrogen-bond acceptors (Lipinski definition) is 4. The zero-order valence-electron chi connectivity index (χ0n) is 12.8. The lowest BCUT2D eigenvalue weighted by molar-refractivity contribution is -0.143. The van der Waals surface area contributed by atoms with Crippen molar-refractivity contribution in [1.29, 1.82) is 0 Å². The second-order valence-electron chi connectivity index (χ2n) is 6.21. The molecule has 19 heavy (non-hydrogen) atoms. The molecule has 0 saturated carbocycles. The normalized spacial score (nSPS) is 17.7. The summed E-state index contributed by atoms with van der Waals surface area (Å²) in [5.41, 5.74) is -0.239. The van der Waals surface area contributed by atoms with Crippen LogP contribution in [0.3, 0.4) is 0 Å². The summed E-state index contributed by atoms with van der Waals surface area (Å²) in [7, 11) is 0. The van der Waals surface area contributed by atoms with E-state index in [0.717, 1.165) is 0 Å². The summed E-state index contributed by atoms with van der Waals surface area (Å²) in [5, 5.41) is 19.9. The number of carbonyl (C=O) groups excluding carboxylic acids is 1. The Bertz CT molecular complexity index is 311. The smallest absolute Gasteiger partial charge is 0.333 e. The van der Waals surface area contributed by atoms with Gasteiger partial charge in [-0.3, -0.25) is 0 Å². The molecule has 0 spiro atoms. The van der Waals surface area contributed by atoms with Crippen molar-refractivity contribution >= 4 is 5.97 Å².